The van der Waals surface area contributed by atoms with Crippen molar-refractivity contribution in [1.82, 2.24) is 5.01 Å². The van der Waals surface area contributed by atoms with Gasteiger partial charge in [-0.15, -0.1) is 0 Å². The number of ether oxygens (including phenoxy) is 2. The van der Waals surface area contributed by atoms with E-state index in [-0.39, 0.29) is 17.5 Å². The molecule has 0 bridgehead atoms. The zero-order valence-corrected chi connectivity index (χ0v) is 16.9. The fourth-order valence-electron chi connectivity index (χ4n) is 4.05. The molecule has 0 amide bonds. The van der Waals surface area contributed by atoms with Gasteiger partial charge in [0.1, 0.15) is 11.5 Å². The molecule has 2 N–H and O–H groups in total. The van der Waals surface area contributed by atoms with Crippen molar-refractivity contribution in [3.8, 4) is 23.0 Å². The van der Waals surface area contributed by atoms with Crippen LogP contribution < -0.4 is 9.47 Å². The largest absolute Gasteiger partial charge is 0.508 e. The summed E-state index contributed by atoms with van der Waals surface area (Å²) in [6, 6.07) is 17.5. The van der Waals surface area contributed by atoms with Crippen LogP contribution >= 0.6 is 11.6 Å². The Bertz CT molecular complexity index is 1160. The van der Waals surface area contributed by atoms with Crippen molar-refractivity contribution >= 4 is 17.3 Å². The number of rotatable bonds is 3. The number of halogens is 1. The van der Waals surface area contributed by atoms with Crippen molar-refractivity contribution in [2.75, 3.05) is 7.11 Å². The third kappa shape index (κ3) is 3.00. The van der Waals surface area contributed by atoms with Gasteiger partial charge in [-0.3, -0.25) is 0 Å². The Morgan fingerprint density at radius 3 is 2.73 bits per heavy atom. The molecule has 6 nitrogen and oxygen atoms in total. The number of hydrogen-bond acceptors (Lipinski definition) is 6. The van der Waals surface area contributed by atoms with Crippen LogP contribution in [0.15, 0.2) is 65.8 Å². The van der Waals surface area contributed by atoms with Crippen LogP contribution in [-0.4, -0.2) is 28.0 Å². The summed E-state index contributed by atoms with van der Waals surface area (Å²) >= 11 is 6.16. The van der Waals surface area contributed by atoms with E-state index in [2.05, 4.69) is 0 Å². The van der Waals surface area contributed by atoms with Crippen LogP contribution in [0, 0.1) is 0 Å². The molecule has 7 heteroatoms. The SMILES string of the molecule is COc1cccc2c1O[C@H](c1cccc(O)c1)N1N=C(c3cc(Cl)ccc3O)C[C@@H]21. The summed E-state index contributed by atoms with van der Waals surface area (Å²) in [5, 5.41) is 27.6. The second-order valence-corrected chi connectivity index (χ2v) is 7.69. The molecule has 0 unspecified atom stereocenters. The highest BCUT2D eigenvalue weighted by Gasteiger charge is 2.42. The summed E-state index contributed by atoms with van der Waals surface area (Å²) in [5.74, 6) is 1.56. The fraction of sp³-hybridized carbons (Fsp3) is 0.174. The first-order valence-electron chi connectivity index (χ1n) is 9.52. The van der Waals surface area contributed by atoms with E-state index in [1.165, 1.54) is 0 Å². The molecule has 2 heterocycles. The second kappa shape index (κ2) is 7.15. The monoisotopic (exact) mass is 422 g/mol. The van der Waals surface area contributed by atoms with E-state index < -0.39 is 6.23 Å². The van der Waals surface area contributed by atoms with Gasteiger partial charge < -0.3 is 19.7 Å². The second-order valence-electron chi connectivity index (χ2n) is 7.25. The van der Waals surface area contributed by atoms with Gasteiger partial charge in [0.15, 0.2) is 11.5 Å². The molecule has 2 atom stereocenters. The summed E-state index contributed by atoms with van der Waals surface area (Å²) in [6.07, 6.45) is -0.00282. The zero-order valence-electron chi connectivity index (χ0n) is 16.1. The van der Waals surface area contributed by atoms with Gasteiger partial charge in [-0.25, -0.2) is 5.01 Å². The molecule has 5 rings (SSSR count). The summed E-state index contributed by atoms with van der Waals surface area (Å²) < 4.78 is 11.9. The highest BCUT2D eigenvalue weighted by molar-refractivity contribution is 6.31. The molecule has 0 aromatic heterocycles. The number of fused-ring (bicyclic) bond motifs is 3. The molecule has 3 aromatic carbocycles. The first-order valence-corrected chi connectivity index (χ1v) is 9.90. The van der Waals surface area contributed by atoms with Crippen molar-refractivity contribution < 1.29 is 19.7 Å². The van der Waals surface area contributed by atoms with E-state index in [4.69, 9.17) is 26.2 Å². The summed E-state index contributed by atoms with van der Waals surface area (Å²) in [7, 11) is 1.61. The van der Waals surface area contributed by atoms with Gasteiger partial charge in [-0.2, -0.15) is 5.10 Å². The molecular weight excluding hydrogens is 404 g/mol. The minimum atomic E-state index is -0.565. The average Bonchev–Trinajstić information content (AvgIpc) is 3.20. The number of para-hydroxylation sites is 1. The Balaban J connectivity index is 1.65. The molecule has 152 valence electrons. The molecule has 0 spiro atoms. The zero-order chi connectivity index (χ0) is 20.8. The van der Waals surface area contributed by atoms with Gasteiger partial charge in [0, 0.05) is 28.1 Å². The van der Waals surface area contributed by atoms with E-state index in [0.29, 0.717) is 34.2 Å². The van der Waals surface area contributed by atoms with Gasteiger partial charge in [-0.05, 0) is 36.4 Å². The predicted molar refractivity (Wildman–Crippen MR) is 113 cm³/mol. The molecule has 0 radical (unpaired) electrons. The van der Waals surface area contributed by atoms with E-state index in [1.807, 2.05) is 29.3 Å². The van der Waals surface area contributed by atoms with Crippen LogP contribution in [0.5, 0.6) is 23.0 Å². The molecule has 2 aliphatic heterocycles. The molecular formula is C23H19ClN2O4. The minimum Gasteiger partial charge on any atom is -0.508 e. The number of hydrazone groups is 1. The number of benzene rings is 3. The molecule has 0 fully saturated rings. The van der Waals surface area contributed by atoms with E-state index in [9.17, 15) is 10.2 Å². The Labute approximate surface area is 178 Å². The summed E-state index contributed by atoms with van der Waals surface area (Å²) in [4.78, 5) is 0. The van der Waals surface area contributed by atoms with Gasteiger partial charge in [-0.1, -0.05) is 35.9 Å². The first kappa shape index (κ1) is 18.6. The summed E-state index contributed by atoms with van der Waals surface area (Å²) in [6.45, 7) is 0. The topological polar surface area (TPSA) is 74.5 Å². The fourth-order valence-corrected chi connectivity index (χ4v) is 4.22. The summed E-state index contributed by atoms with van der Waals surface area (Å²) in [5.41, 5.74) is 3.02. The molecule has 30 heavy (non-hydrogen) atoms. The maximum absolute atomic E-state index is 10.4. The van der Waals surface area contributed by atoms with Gasteiger partial charge in [0.05, 0.1) is 18.9 Å². The minimum absolute atomic E-state index is 0.121. The highest BCUT2D eigenvalue weighted by Crippen LogP contribution is 2.51. The van der Waals surface area contributed by atoms with Crippen molar-refractivity contribution in [3.05, 3.63) is 82.4 Å². The van der Waals surface area contributed by atoms with E-state index in [1.54, 1.807) is 43.5 Å². The van der Waals surface area contributed by atoms with Gasteiger partial charge in [0.2, 0.25) is 6.23 Å². The lowest BCUT2D eigenvalue weighted by atomic mass is 9.95. The normalized spacial score (nSPS) is 19.5. The smallest absolute Gasteiger partial charge is 0.214 e. The standard InChI is InChI=1S/C23H19ClN2O4/c1-29-21-7-3-6-16-19-12-18(17-11-14(24)8-9-20(17)28)25-26(19)23(30-22(16)21)13-4-2-5-15(27)10-13/h2-11,19,23,27-28H,12H2,1H3/t19-,23+/m0/s1. The number of phenolic OH excluding ortho intramolecular Hbond substituents is 2. The highest BCUT2D eigenvalue weighted by atomic mass is 35.5. The predicted octanol–water partition coefficient (Wildman–Crippen LogP) is 5.00. The number of phenols is 2. The Kier molecular flexibility index (Phi) is 4.44. The lowest BCUT2D eigenvalue weighted by Crippen LogP contribution is -2.33. The maximum Gasteiger partial charge on any atom is 0.214 e. The molecule has 0 aliphatic carbocycles. The Morgan fingerprint density at radius 1 is 1.10 bits per heavy atom. The molecule has 0 saturated heterocycles. The van der Waals surface area contributed by atoms with Crippen molar-refractivity contribution in [1.29, 1.82) is 0 Å². The van der Waals surface area contributed by atoms with Gasteiger partial charge in [0.25, 0.3) is 0 Å². The third-order valence-electron chi connectivity index (χ3n) is 5.43. The number of nitrogens with zero attached hydrogens (tertiary/aromatic N) is 2. The van der Waals surface area contributed by atoms with Crippen molar-refractivity contribution in [2.24, 2.45) is 5.10 Å². The lowest BCUT2D eigenvalue weighted by molar-refractivity contribution is -0.0210. The molecule has 3 aromatic rings. The van der Waals surface area contributed by atoms with Crippen LogP contribution in [0.2, 0.25) is 5.02 Å². The number of methoxy groups -OCH3 is 1. The third-order valence-corrected chi connectivity index (χ3v) is 5.66. The Morgan fingerprint density at radius 2 is 1.93 bits per heavy atom. The van der Waals surface area contributed by atoms with Crippen LogP contribution in [0.4, 0.5) is 0 Å². The van der Waals surface area contributed by atoms with E-state index in [0.717, 1.165) is 11.1 Å². The average molecular weight is 423 g/mol. The van der Waals surface area contributed by atoms with E-state index >= 15 is 0 Å². The number of hydrogen-bond donors (Lipinski definition) is 2. The molecule has 2 aliphatic rings. The number of aromatic hydroxyl groups is 2. The van der Waals surface area contributed by atoms with Crippen LogP contribution in [0.1, 0.15) is 35.4 Å². The quantitative estimate of drug-likeness (QED) is 0.621. The van der Waals surface area contributed by atoms with Crippen LogP contribution in [-0.2, 0) is 0 Å². The Hall–Kier alpha value is -3.38. The van der Waals surface area contributed by atoms with Crippen LogP contribution in [0.3, 0.4) is 0 Å². The first-order chi connectivity index (χ1) is 14.5. The van der Waals surface area contributed by atoms with Crippen LogP contribution in [0.25, 0.3) is 0 Å². The lowest BCUT2D eigenvalue weighted by Gasteiger charge is -2.38. The maximum atomic E-state index is 10.4. The van der Waals surface area contributed by atoms with Gasteiger partial charge >= 0.3 is 0 Å². The van der Waals surface area contributed by atoms with Crippen molar-refractivity contribution in [2.45, 2.75) is 18.7 Å². The molecule has 0 saturated carbocycles. The van der Waals surface area contributed by atoms with Crippen molar-refractivity contribution in [3.63, 3.8) is 0 Å².